The van der Waals surface area contributed by atoms with Crippen LogP contribution in [0.4, 0.5) is 0 Å². The summed E-state index contributed by atoms with van der Waals surface area (Å²) in [5.41, 5.74) is 2.48. The van der Waals surface area contributed by atoms with Crippen LogP contribution in [0.2, 0.25) is 0 Å². The van der Waals surface area contributed by atoms with Crippen LogP contribution in [0.1, 0.15) is 29.5 Å². The zero-order valence-electron chi connectivity index (χ0n) is 16.6. The fraction of sp³-hybridized carbons (Fsp3) is 0.190. The monoisotopic (exact) mass is 418 g/mol. The summed E-state index contributed by atoms with van der Waals surface area (Å²) in [4.78, 5) is 13.3. The van der Waals surface area contributed by atoms with Crippen LogP contribution in [0.3, 0.4) is 0 Å². The molecule has 0 saturated heterocycles. The minimum atomic E-state index is -0.133. The molecule has 0 aliphatic carbocycles. The van der Waals surface area contributed by atoms with Crippen molar-refractivity contribution in [2.45, 2.75) is 31.2 Å². The lowest BCUT2D eigenvalue weighted by atomic mass is 10.2. The van der Waals surface area contributed by atoms with Crippen molar-refractivity contribution in [3.05, 3.63) is 76.2 Å². The van der Waals surface area contributed by atoms with Crippen LogP contribution in [0, 0.1) is 13.8 Å². The summed E-state index contributed by atoms with van der Waals surface area (Å²) >= 11 is 1.45. The molecular formula is C21H18N6O2S. The maximum atomic E-state index is 13.3. The fourth-order valence-corrected chi connectivity index (χ4v) is 4.25. The summed E-state index contributed by atoms with van der Waals surface area (Å²) in [6.45, 7) is 5.74. The molecule has 5 rings (SSSR count). The van der Waals surface area contributed by atoms with Crippen molar-refractivity contribution in [1.29, 1.82) is 0 Å². The second kappa shape index (κ2) is 7.10. The van der Waals surface area contributed by atoms with Crippen molar-refractivity contribution in [3.8, 4) is 5.69 Å². The smallest absolute Gasteiger partial charge is 0.267 e. The van der Waals surface area contributed by atoms with Crippen molar-refractivity contribution in [2.24, 2.45) is 0 Å². The van der Waals surface area contributed by atoms with Gasteiger partial charge in [-0.3, -0.25) is 9.20 Å². The highest BCUT2D eigenvalue weighted by molar-refractivity contribution is 7.99. The zero-order chi connectivity index (χ0) is 20.8. The van der Waals surface area contributed by atoms with Gasteiger partial charge in [-0.1, -0.05) is 41.6 Å². The number of hydrogen-bond acceptors (Lipinski definition) is 7. The average molecular weight is 418 g/mol. The van der Waals surface area contributed by atoms with Gasteiger partial charge in [-0.05, 0) is 38.1 Å². The first-order valence-electron chi connectivity index (χ1n) is 9.45. The number of fused-ring (bicyclic) bond motifs is 3. The molecule has 1 unspecified atom stereocenters. The van der Waals surface area contributed by atoms with Gasteiger partial charge >= 0.3 is 0 Å². The second-order valence-electron chi connectivity index (χ2n) is 7.03. The molecule has 0 bridgehead atoms. The Hall–Kier alpha value is -3.46. The Morgan fingerprint density at radius 2 is 1.73 bits per heavy atom. The van der Waals surface area contributed by atoms with Crippen molar-refractivity contribution in [2.75, 3.05) is 0 Å². The van der Waals surface area contributed by atoms with E-state index in [-0.39, 0.29) is 10.8 Å². The zero-order valence-corrected chi connectivity index (χ0v) is 17.4. The minimum Gasteiger partial charge on any atom is -0.424 e. The summed E-state index contributed by atoms with van der Waals surface area (Å²) in [7, 11) is 0. The van der Waals surface area contributed by atoms with Gasteiger partial charge in [0.2, 0.25) is 17.6 Å². The van der Waals surface area contributed by atoms with Crippen LogP contribution in [0.15, 0.2) is 62.9 Å². The number of aromatic nitrogens is 6. The van der Waals surface area contributed by atoms with Crippen LogP contribution in [0.25, 0.3) is 22.4 Å². The first-order chi connectivity index (χ1) is 14.5. The molecule has 0 saturated carbocycles. The number of aryl methyl sites for hydroxylation is 2. The Bertz CT molecular complexity index is 1430. The normalized spacial score (nSPS) is 12.6. The number of benzene rings is 2. The average Bonchev–Trinajstić information content (AvgIpc) is 3.36. The molecule has 30 heavy (non-hydrogen) atoms. The molecule has 1 atom stereocenters. The molecule has 0 aliphatic rings. The standard InChI is InChI=1S/C21H18N6O2S/c1-12-8-10-15(11-9-12)26-19(28)16-6-4-5-7-17(16)27-20(26)24-25-21(27)30-13(2)18-23-22-14(3)29-18/h4-11,13H,1-3H3. The molecule has 2 aromatic carbocycles. The van der Waals surface area contributed by atoms with E-state index in [0.717, 1.165) is 16.8 Å². The van der Waals surface area contributed by atoms with Gasteiger partial charge in [0.1, 0.15) is 0 Å². The highest BCUT2D eigenvalue weighted by atomic mass is 32.2. The predicted molar refractivity (Wildman–Crippen MR) is 114 cm³/mol. The van der Waals surface area contributed by atoms with Crippen LogP contribution < -0.4 is 5.56 Å². The summed E-state index contributed by atoms with van der Waals surface area (Å²) < 4.78 is 9.06. The summed E-state index contributed by atoms with van der Waals surface area (Å²) in [5, 5.41) is 17.9. The summed E-state index contributed by atoms with van der Waals surface area (Å²) in [6, 6.07) is 15.2. The molecule has 3 aromatic heterocycles. The van der Waals surface area contributed by atoms with E-state index in [4.69, 9.17) is 4.42 Å². The Morgan fingerprint density at radius 3 is 2.47 bits per heavy atom. The number of thioether (sulfide) groups is 1. The molecule has 3 heterocycles. The second-order valence-corrected chi connectivity index (χ2v) is 8.34. The van der Waals surface area contributed by atoms with Crippen LogP contribution in [0.5, 0.6) is 0 Å². The van der Waals surface area contributed by atoms with Crippen molar-refractivity contribution in [3.63, 3.8) is 0 Å². The van der Waals surface area contributed by atoms with E-state index in [1.165, 1.54) is 11.8 Å². The Kier molecular flexibility index (Phi) is 4.39. The van der Waals surface area contributed by atoms with Gasteiger partial charge < -0.3 is 4.42 Å². The van der Waals surface area contributed by atoms with Crippen LogP contribution >= 0.6 is 11.8 Å². The van der Waals surface area contributed by atoms with Gasteiger partial charge in [-0.25, -0.2) is 4.57 Å². The van der Waals surface area contributed by atoms with Crippen molar-refractivity contribution >= 4 is 28.4 Å². The van der Waals surface area contributed by atoms with E-state index in [2.05, 4.69) is 20.4 Å². The number of nitrogens with zero attached hydrogens (tertiary/aromatic N) is 6. The third-order valence-electron chi connectivity index (χ3n) is 4.86. The third-order valence-corrected chi connectivity index (χ3v) is 5.89. The lowest BCUT2D eigenvalue weighted by molar-refractivity contribution is 0.470. The summed E-state index contributed by atoms with van der Waals surface area (Å²) in [5.74, 6) is 1.49. The van der Waals surface area contributed by atoms with Gasteiger partial charge in [0, 0.05) is 6.92 Å². The molecule has 0 N–H and O–H groups in total. The lowest BCUT2D eigenvalue weighted by Gasteiger charge is -2.12. The maximum Gasteiger partial charge on any atom is 0.267 e. The van der Waals surface area contributed by atoms with Gasteiger partial charge in [-0.15, -0.1) is 20.4 Å². The minimum absolute atomic E-state index is 0.128. The Morgan fingerprint density at radius 1 is 0.967 bits per heavy atom. The van der Waals surface area contributed by atoms with Gasteiger partial charge in [0.15, 0.2) is 5.16 Å². The Balaban J connectivity index is 1.75. The first-order valence-corrected chi connectivity index (χ1v) is 10.3. The molecule has 150 valence electrons. The number of para-hydroxylation sites is 1. The lowest BCUT2D eigenvalue weighted by Crippen LogP contribution is -2.21. The third kappa shape index (κ3) is 2.98. The molecule has 5 aromatic rings. The molecular weight excluding hydrogens is 400 g/mol. The SMILES string of the molecule is Cc1ccc(-n2c(=O)c3ccccc3n3c(SC(C)c4nnc(C)o4)nnc23)cc1. The van der Waals surface area contributed by atoms with E-state index in [1.54, 1.807) is 11.5 Å². The van der Waals surface area contributed by atoms with Crippen molar-refractivity contribution < 1.29 is 4.42 Å². The molecule has 0 radical (unpaired) electrons. The van der Waals surface area contributed by atoms with E-state index in [1.807, 2.05) is 66.8 Å². The van der Waals surface area contributed by atoms with E-state index in [9.17, 15) is 4.79 Å². The van der Waals surface area contributed by atoms with E-state index >= 15 is 0 Å². The number of hydrogen-bond donors (Lipinski definition) is 0. The highest BCUT2D eigenvalue weighted by Gasteiger charge is 2.22. The largest absolute Gasteiger partial charge is 0.424 e. The van der Waals surface area contributed by atoms with E-state index < -0.39 is 0 Å². The molecule has 0 spiro atoms. The highest BCUT2D eigenvalue weighted by Crippen LogP contribution is 2.34. The van der Waals surface area contributed by atoms with Crippen molar-refractivity contribution in [1.82, 2.24) is 29.4 Å². The molecule has 0 fully saturated rings. The van der Waals surface area contributed by atoms with Gasteiger partial charge in [-0.2, -0.15) is 0 Å². The number of rotatable bonds is 4. The molecule has 0 aliphatic heterocycles. The summed E-state index contributed by atoms with van der Waals surface area (Å²) in [6.07, 6.45) is 0. The molecule has 0 amide bonds. The first kappa shape index (κ1) is 18.6. The predicted octanol–water partition coefficient (Wildman–Crippen LogP) is 3.89. The van der Waals surface area contributed by atoms with E-state index in [0.29, 0.717) is 28.1 Å². The Labute approximate surface area is 175 Å². The fourth-order valence-electron chi connectivity index (χ4n) is 3.37. The molecule has 9 heteroatoms. The van der Waals surface area contributed by atoms with Gasteiger partial charge in [0.25, 0.3) is 5.56 Å². The van der Waals surface area contributed by atoms with Crippen LogP contribution in [-0.4, -0.2) is 29.4 Å². The molecule has 8 nitrogen and oxygen atoms in total. The quantitative estimate of drug-likeness (QED) is 0.409. The maximum absolute atomic E-state index is 13.3. The van der Waals surface area contributed by atoms with Gasteiger partial charge in [0.05, 0.1) is 21.8 Å². The van der Waals surface area contributed by atoms with Crippen LogP contribution in [-0.2, 0) is 0 Å². The topological polar surface area (TPSA) is 91.1 Å².